The van der Waals surface area contributed by atoms with Gasteiger partial charge in [-0.25, -0.2) is 13.1 Å². The Morgan fingerprint density at radius 1 is 1.43 bits per heavy atom. The van der Waals surface area contributed by atoms with Crippen LogP contribution in [0.1, 0.15) is 12.8 Å². The van der Waals surface area contributed by atoms with Gasteiger partial charge in [-0.1, -0.05) is 0 Å². The number of carboxylic acid groups (broad SMARTS) is 1. The molecule has 1 aromatic rings. The Morgan fingerprint density at radius 2 is 2.14 bits per heavy atom. The van der Waals surface area contributed by atoms with Crippen molar-refractivity contribution in [1.29, 1.82) is 0 Å². The number of fused-ring (bicyclic) bond motifs is 3. The van der Waals surface area contributed by atoms with Gasteiger partial charge in [-0.15, -0.1) is 0 Å². The second kappa shape index (κ2) is 5.39. The largest absolute Gasteiger partial charge is 0.480 e. The summed E-state index contributed by atoms with van der Waals surface area (Å²) >= 11 is 0. The first-order valence-electron chi connectivity index (χ1n) is 6.93. The molecular weight excluding hydrogens is 296 g/mol. The van der Waals surface area contributed by atoms with Gasteiger partial charge in [0.05, 0.1) is 6.20 Å². The predicted octanol–water partition coefficient (Wildman–Crippen LogP) is -0.660. The highest BCUT2D eigenvalue weighted by molar-refractivity contribution is 7.89. The summed E-state index contributed by atoms with van der Waals surface area (Å²) in [5, 5.41) is 12.5. The van der Waals surface area contributed by atoms with Gasteiger partial charge in [-0.05, 0) is 31.8 Å². The van der Waals surface area contributed by atoms with Gasteiger partial charge in [-0.2, -0.15) is 5.10 Å². The first-order valence-corrected chi connectivity index (χ1v) is 8.41. The Bertz CT molecular complexity index is 633. The molecule has 8 nitrogen and oxygen atoms in total. The maximum absolute atomic E-state index is 12.3. The molecule has 3 fully saturated rings. The van der Waals surface area contributed by atoms with Gasteiger partial charge < -0.3 is 10.0 Å². The lowest BCUT2D eigenvalue weighted by atomic mass is 9.85. The lowest BCUT2D eigenvalue weighted by Gasteiger charge is -2.44. The van der Waals surface area contributed by atoms with Crippen LogP contribution in [0, 0.1) is 5.92 Å². The molecule has 3 aliphatic rings. The van der Waals surface area contributed by atoms with E-state index in [0.29, 0.717) is 5.92 Å². The Balaban J connectivity index is 1.71. The van der Waals surface area contributed by atoms with E-state index in [0.717, 1.165) is 37.2 Å². The van der Waals surface area contributed by atoms with Crippen molar-refractivity contribution in [3.8, 4) is 0 Å². The standard InChI is InChI=1S/C12H18N4O4S/c17-12(18)8-16-6-10(5-13-16)21(19,20)14-11-7-15-3-1-9(11)2-4-15/h5-6,9,11,14H,1-4,7-8H2,(H,17,18). The fraction of sp³-hybridized carbons (Fsp3) is 0.667. The number of carbonyl (C=O) groups is 1. The van der Waals surface area contributed by atoms with Crippen molar-refractivity contribution in [2.75, 3.05) is 19.6 Å². The molecule has 21 heavy (non-hydrogen) atoms. The van der Waals surface area contributed by atoms with Gasteiger partial charge in [0.15, 0.2) is 0 Å². The first-order chi connectivity index (χ1) is 9.94. The lowest BCUT2D eigenvalue weighted by Crippen LogP contribution is -2.57. The topological polar surface area (TPSA) is 105 Å². The van der Waals surface area contributed by atoms with Crippen LogP contribution < -0.4 is 4.72 Å². The Kier molecular flexibility index (Phi) is 3.72. The van der Waals surface area contributed by atoms with E-state index in [1.807, 2.05) is 0 Å². The van der Waals surface area contributed by atoms with Crippen LogP contribution in [-0.2, 0) is 21.4 Å². The van der Waals surface area contributed by atoms with Gasteiger partial charge in [0.1, 0.15) is 11.4 Å². The fourth-order valence-electron chi connectivity index (χ4n) is 3.07. The van der Waals surface area contributed by atoms with Crippen LogP contribution in [0.25, 0.3) is 0 Å². The van der Waals surface area contributed by atoms with Crippen molar-refractivity contribution in [2.24, 2.45) is 5.92 Å². The number of aromatic nitrogens is 2. The number of carboxylic acids is 1. The van der Waals surface area contributed by atoms with Gasteiger partial charge in [0, 0.05) is 18.8 Å². The number of nitrogens with one attached hydrogen (secondary N) is 1. The summed E-state index contributed by atoms with van der Waals surface area (Å²) < 4.78 is 28.5. The zero-order valence-electron chi connectivity index (χ0n) is 11.5. The molecule has 0 saturated carbocycles. The SMILES string of the molecule is O=C(O)Cn1cc(S(=O)(=O)NC2CN3CCC2CC3)cn1. The van der Waals surface area contributed by atoms with Gasteiger partial charge in [0.25, 0.3) is 0 Å². The van der Waals surface area contributed by atoms with E-state index >= 15 is 0 Å². The fourth-order valence-corrected chi connectivity index (χ4v) is 4.32. The zero-order valence-corrected chi connectivity index (χ0v) is 12.3. The van der Waals surface area contributed by atoms with Crippen LogP contribution >= 0.6 is 0 Å². The predicted molar refractivity (Wildman–Crippen MR) is 73.1 cm³/mol. The molecule has 0 aromatic carbocycles. The summed E-state index contributed by atoms with van der Waals surface area (Å²) in [5.41, 5.74) is 0. The molecule has 1 atom stereocenters. The van der Waals surface area contributed by atoms with Crippen LogP contribution in [0.15, 0.2) is 17.3 Å². The highest BCUT2D eigenvalue weighted by Gasteiger charge is 2.36. The average Bonchev–Trinajstić information content (AvgIpc) is 2.88. The molecule has 3 aliphatic heterocycles. The second-order valence-corrected chi connectivity index (χ2v) is 7.35. The van der Waals surface area contributed by atoms with Gasteiger partial charge >= 0.3 is 5.97 Å². The second-order valence-electron chi connectivity index (χ2n) is 5.63. The Labute approximate surface area is 122 Å². The minimum atomic E-state index is -3.65. The summed E-state index contributed by atoms with van der Waals surface area (Å²) in [6.07, 6.45) is 4.47. The molecule has 1 aromatic heterocycles. The van der Waals surface area contributed by atoms with Crippen LogP contribution in [-0.4, -0.2) is 59.9 Å². The van der Waals surface area contributed by atoms with E-state index in [9.17, 15) is 13.2 Å². The molecule has 9 heteroatoms. The molecule has 1 unspecified atom stereocenters. The lowest BCUT2D eigenvalue weighted by molar-refractivity contribution is -0.137. The van der Waals surface area contributed by atoms with Crippen molar-refractivity contribution in [1.82, 2.24) is 19.4 Å². The average molecular weight is 314 g/mol. The molecule has 0 amide bonds. The quantitative estimate of drug-likeness (QED) is 0.748. The number of rotatable bonds is 5. The third-order valence-electron chi connectivity index (χ3n) is 4.18. The number of sulfonamides is 1. The van der Waals surface area contributed by atoms with E-state index in [1.54, 1.807) is 0 Å². The molecule has 4 rings (SSSR count). The molecule has 3 saturated heterocycles. The van der Waals surface area contributed by atoms with Crippen LogP contribution in [0.3, 0.4) is 0 Å². The maximum atomic E-state index is 12.3. The number of piperidine rings is 3. The minimum absolute atomic E-state index is 0.0141. The van der Waals surface area contributed by atoms with Crippen LogP contribution in [0.4, 0.5) is 0 Å². The molecule has 4 heterocycles. The highest BCUT2D eigenvalue weighted by atomic mass is 32.2. The van der Waals surface area contributed by atoms with E-state index in [2.05, 4.69) is 14.7 Å². The minimum Gasteiger partial charge on any atom is -0.480 e. The summed E-state index contributed by atoms with van der Waals surface area (Å²) in [7, 11) is -3.65. The molecule has 2 bridgehead atoms. The Hall–Kier alpha value is -1.45. The van der Waals surface area contributed by atoms with E-state index < -0.39 is 16.0 Å². The Morgan fingerprint density at radius 3 is 2.71 bits per heavy atom. The van der Waals surface area contributed by atoms with E-state index in [1.165, 1.54) is 12.4 Å². The number of hydrogen-bond acceptors (Lipinski definition) is 5. The third kappa shape index (κ3) is 3.09. The normalized spacial score (nSPS) is 28.7. The molecule has 2 N–H and O–H groups in total. The van der Waals surface area contributed by atoms with Gasteiger partial charge in [0.2, 0.25) is 10.0 Å². The molecule has 0 spiro atoms. The molecule has 0 aliphatic carbocycles. The van der Waals surface area contributed by atoms with Crippen LogP contribution in [0.5, 0.6) is 0 Å². The number of nitrogens with zero attached hydrogens (tertiary/aromatic N) is 3. The van der Waals surface area contributed by atoms with Crippen LogP contribution in [0.2, 0.25) is 0 Å². The summed E-state index contributed by atoms with van der Waals surface area (Å²) in [5.74, 6) is -0.675. The number of hydrogen-bond donors (Lipinski definition) is 2. The van der Waals surface area contributed by atoms with Crippen molar-refractivity contribution in [3.05, 3.63) is 12.4 Å². The monoisotopic (exact) mass is 314 g/mol. The summed E-state index contributed by atoms with van der Waals surface area (Å²) in [6, 6.07) is -0.0691. The highest BCUT2D eigenvalue weighted by Crippen LogP contribution is 2.28. The van der Waals surface area contributed by atoms with E-state index in [-0.39, 0.29) is 17.5 Å². The zero-order chi connectivity index (χ0) is 15.0. The van der Waals surface area contributed by atoms with Crippen molar-refractivity contribution >= 4 is 16.0 Å². The number of aliphatic carboxylic acids is 1. The summed E-state index contributed by atoms with van der Waals surface area (Å²) in [4.78, 5) is 12.9. The molecule has 0 radical (unpaired) electrons. The molecular formula is C12H18N4O4S. The van der Waals surface area contributed by atoms with Crippen molar-refractivity contribution < 1.29 is 18.3 Å². The smallest absolute Gasteiger partial charge is 0.325 e. The summed E-state index contributed by atoms with van der Waals surface area (Å²) in [6.45, 7) is 2.47. The van der Waals surface area contributed by atoms with Crippen molar-refractivity contribution in [3.63, 3.8) is 0 Å². The molecule has 116 valence electrons. The first kappa shape index (κ1) is 14.5. The maximum Gasteiger partial charge on any atom is 0.325 e. The van der Waals surface area contributed by atoms with E-state index in [4.69, 9.17) is 5.11 Å². The van der Waals surface area contributed by atoms with Gasteiger partial charge in [-0.3, -0.25) is 9.48 Å². The van der Waals surface area contributed by atoms with Crippen molar-refractivity contribution in [2.45, 2.75) is 30.3 Å². The third-order valence-corrected chi connectivity index (χ3v) is 5.62.